The number of amides is 1. The third-order valence-electron chi connectivity index (χ3n) is 5.84. The summed E-state index contributed by atoms with van der Waals surface area (Å²) in [4.78, 5) is 12.5. The number of nitrogens with zero attached hydrogens (tertiary/aromatic N) is 2. The first-order valence-corrected chi connectivity index (χ1v) is 9.73. The minimum absolute atomic E-state index is 0.407. The van der Waals surface area contributed by atoms with E-state index in [-0.39, 0.29) is 0 Å². The van der Waals surface area contributed by atoms with Crippen molar-refractivity contribution in [1.82, 2.24) is 9.72 Å². The van der Waals surface area contributed by atoms with Crippen LogP contribution in [0.1, 0.15) is 34.7 Å². The number of nitrogens with two attached hydrogens (primary N) is 1. The molecule has 5 rings (SSSR count). The average Bonchev–Trinajstić information content (AvgIpc) is 3.35. The molecule has 1 fully saturated rings. The van der Waals surface area contributed by atoms with E-state index in [2.05, 4.69) is 41.8 Å². The molecule has 1 aliphatic rings. The minimum Gasteiger partial charge on any atom is -0.366 e. The lowest BCUT2D eigenvalue weighted by Crippen LogP contribution is -2.14. The highest BCUT2D eigenvalue weighted by atomic mass is 16.5. The van der Waals surface area contributed by atoms with Gasteiger partial charge in [0.2, 0.25) is 0 Å². The monoisotopic (exact) mass is 371 g/mol. The van der Waals surface area contributed by atoms with Crippen molar-refractivity contribution in [2.75, 3.05) is 0 Å². The van der Waals surface area contributed by atoms with Gasteiger partial charge in [0, 0.05) is 28.4 Å². The Morgan fingerprint density at radius 3 is 2.68 bits per heavy atom. The second-order valence-corrected chi connectivity index (χ2v) is 8.06. The Bertz CT molecular complexity index is 1240. The number of fused-ring (bicyclic) bond motifs is 3. The Morgan fingerprint density at radius 1 is 1.25 bits per heavy atom. The van der Waals surface area contributed by atoms with Crippen LogP contribution in [0.3, 0.4) is 0 Å². The van der Waals surface area contributed by atoms with Crippen LogP contribution in [0.15, 0.2) is 34.9 Å². The van der Waals surface area contributed by atoms with Crippen molar-refractivity contribution in [1.29, 1.82) is 0 Å². The number of benzene rings is 2. The van der Waals surface area contributed by atoms with Crippen molar-refractivity contribution in [3.05, 3.63) is 47.3 Å². The maximum absolute atomic E-state index is 12.5. The van der Waals surface area contributed by atoms with Gasteiger partial charge >= 0.3 is 0 Å². The fourth-order valence-corrected chi connectivity index (χ4v) is 4.32. The van der Waals surface area contributed by atoms with Gasteiger partial charge in [-0.3, -0.25) is 4.79 Å². The zero-order valence-corrected chi connectivity index (χ0v) is 16.4. The molecule has 140 valence electrons. The highest BCUT2D eigenvalue weighted by Gasteiger charge is 2.26. The predicted molar refractivity (Wildman–Crippen MR) is 114 cm³/mol. The molecule has 0 saturated heterocycles. The van der Waals surface area contributed by atoms with Gasteiger partial charge in [0.1, 0.15) is 13.6 Å². The van der Waals surface area contributed by atoms with Crippen LogP contribution in [0.5, 0.6) is 0 Å². The molecule has 28 heavy (non-hydrogen) atoms. The highest BCUT2D eigenvalue weighted by Crippen LogP contribution is 2.39. The first-order chi connectivity index (χ1) is 13.4. The molecule has 2 heterocycles. The highest BCUT2D eigenvalue weighted by molar-refractivity contribution is 6.33. The van der Waals surface area contributed by atoms with E-state index < -0.39 is 5.91 Å². The largest absolute Gasteiger partial charge is 0.366 e. The van der Waals surface area contributed by atoms with Gasteiger partial charge in [-0.1, -0.05) is 22.8 Å². The van der Waals surface area contributed by atoms with Crippen LogP contribution in [-0.2, 0) is 6.54 Å². The van der Waals surface area contributed by atoms with Gasteiger partial charge in [-0.15, -0.1) is 0 Å². The topological polar surface area (TPSA) is 74.1 Å². The maximum atomic E-state index is 12.5. The zero-order valence-electron chi connectivity index (χ0n) is 16.4. The molecule has 0 unspecified atom stereocenters. The molecular formula is C22H22BN3O2. The van der Waals surface area contributed by atoms with Crippen molar-refractivity contribution in [2.45, 2.75) is 33.2 Å². The number of rotatable bonds is 4. The second-order valence-electron chi connectivity index (χ2n) is 8.06. The Morgan fingerprint density at radius 2 is 2.04 bits per heavy atom. The number of hydrogen-bond donors (Lipinski definition) is 1. The summed E-state index contributed by atoms with van der Waals surface area (Å²) in [5.41, 5.74) is 12.4. The summed E-state index contributed by atoms with van der Waals surface area (Å²) < 4.78 is 7.66. The quantitative estimate of drug-likeness (QED) is 0.561. The summed E-state index contributed by atoms with van der Waals surface area (Å²) in [5, 5.41) is 6.29. The Balaban J connectivity index is 1.91. The van der Waals surface area contributed by atoms with Crippen molar-refractivity contribution in [2.24, 2.45) is 11.7 Å². The van der Waals surface area contributed by atoms with E-state index in [0.29, 0.717) is 11.5 Å². The number of carbonyl (C=O) groups excluding carboxylic acids is 1. The Hall–Kier alpha value is -3.02. The van der Waals surface area contributed by atoms with Crippen LogP contribution in [0.25, 0.3) is 32.9 Å². The van der Waals surface area contributed by atoms with Gasteiger partial charge in [-0.25, -0.2) is 0 Å². The molecule has 0 spiro atoms. The summed E-state index contributed by atoms with van der Waals surface area (Å²) in [6.45, 7) is 4.73. The van der Waals surface area contributed by atoms with Crippen LogP contribution in [-0.4, -0.2) is 23.5 Å². The van der Waals surface area contributed by atoms with Crippen molar-refractivity contribution in [3.63, 3.8) is 0 Å². The smallest absolute Gasteiger partial charge is 0.250 e. The van der Waals surface area contributed by atoms with E-state index in [4.69, 9.17) is 10.3 Å². The van der Waals surface area contributed by atoms with E-state index in [9.17, 15) is 4.79 Å². The van der Waals surface area contributed by atoms with Crippen molar-refractivity contribution < 1.29 is 9.32 Å². The molecule has 0 bridgehead atoms. The maximum Gasteiger partial charge on any atom is 0.250 e. The van der Waals surface area contributed by atoms with Crippen LogP contribution in [0, 0.1) is 19.8 Å². The van der Waals surface area contributed by atoms with Gasteiger partial charge in [-0.2, -0.15) is 0 Å². The summed E-state index contributed by atoms with van der Waals surface area (Å²) in [6.07, 6.45) is 2.49. The average molecular weight is 371 g/mol. The molecule has 2 N–H and O–H groups in total. The van der Waals surface area contributed by atoms with E-state index in [1.54, 1.807) is 0 Å². The van der Waals surface area contributed by atoms with Crippen LogP contribution >= 0.6 is 0 Å². The molecule has 0 aliphatic heterocycles. The molecule has 1 saturated carbocycles. The van der Waals surface area contributed by atoms with Crippen LogP contribution in [0.4, 0.5) is 0 Å². The summed E-state index contributed by atoms with van der Waals surface area (Å²) in [7, 11) is 2.10. The van der Waals surface area contributed by atoms with Gasteiger partial charge in [0.15, 0.2) is 0 Å². The fourth-order valence-electron chi connectivity index (χ4n) is 4.32. The van der Waals surface area contributed by atoms with E-state index in [1.807, 2.05) is 19.9 Å². The molecule has 5 nitrogen and oxygen atoms in total. The third kappa shape index (κ3) is 2.55. The lowest BCUT2D eigenvalue weighted by atomic mass is 9.94. The normalized spacial score (nSPS) is 14.2. The molecule has 1 aliphatic carbocycles. The van der Waals surface area contributed by atoms with E-state index >= 15 is 0 Å². The number of primary amides is 1. The fraction of sp³-hybridized carbons (Fsp3) is 0.273. The first kappa shape index (κ1) is 17.1. The van der Waals surface area contributed by atoms with Crippen molar-refractivity contribution in [3.8, 4) is 11.1 Å². The van der Waals surface area contributed by atoms with Crippen molar-refractivity contribution >= 4 is 41.0 Å². The molecule has 4 aromatic rings. The van der Waals surface area contributed by atoms with Gasteiger partial charge in [0.05, 0.1) is 16.8 Å². The van der Waals surface area contributed by atoms with E-state index in [1.165, 1.54) is 23.8 Å². The molecule has 0 radical (unpaired) electrons. The molecule has 0 atom stereocenters. The first-order valence-electron chi connectivity index (χ1n) is 9.73. The molecule has 6 heteroatoms. The molecule has 2 aromatic heterocycles. The van der Waals surface area contributed by atoms with Gasteiger partial charge < -0.3 is 14.8 Å². The van der Waals surface area contributed by atoms with E-state index in [0.717, 1.165) is 45.4 Å². The third-order valence-corrected chi connectivity index (χ3v) is 5.84. The number of aromatic nitrogens is 2. The lowest BCUT2D eigenvalue weighted by molar-refractivity contribution is 0.100. The number of hydrogen-bond acceptors (Lipinski definition) is 3. The minimum atomic E-state index is -0.407. The Labute approximate surface area is 163 Å². The molecule has 2 aromatic carbocycles. The predicted octanol–water partition coefficient (Wildman–Crippen LogP) is 2.83. The molecular weight excluding hydrogens is 349 g/mol. The SMILES string of the molecule is Bc1ccc2c3cc(-c4c(C)noc4C)cc(C(N)=O)c3n(CC3CC3)c2c1. The Kier molecular flexibility index (Phi) is 3.66. The lowest BCUT2D eigenvalue weighted by Gasteiger charge is -2.11. The summed E-state index contributed by atoms with van der Waals surface area (Å²) in [5.74, 6) is 1.02. The zero-order chi connectivity index (χ0) is 19.6. The van der Waals surface area contributed by atoms with Gasteiger partial charge in [0.25, 0.3) is 5.91 Å². The number of aryl methyl sites for hydroxylation is 2. The van der Waals surface area contributed by atoms with Gasteiger partial charge in [-0.05, 0) is 56.4 Å². The number of carbonyl (C=O) groups is 1. The summed E-state index contributed by atoms with van der Waals surface area (Å²) >= 11 is 0. The second kappa shape index (κ2) is 5.99. The summed E-state index contributed by atoms with van der Waals surface area (Å²) in [6, 6.07) is 10.5. The standard InChI is InChI=1S/C22H22BN3O2/c1-11-20(12(2)28-25-11)14-7-17-16-6-5-15(23)9-19(16)26(10-13-3-4-13)21(17)18(8-14)22(24)27/h5-9,13H,3-4,10,23H2,1-2H3,(H2,24,27). The van der Waals surface area contributed by atoms with Crippen LogP contribution in [0.2, 0.25) is 0 Å². The van der Waals surface area contributed by atoms with Crippen LogP contribution < -0.4 is 11.2 Å². The molecule has 1 amide bonds.